The van der Waals surface area contributed by atoms with Crippen LogP contribution < -0.4 is 10.6 Å². The number of aromatic nitrogens is 2. The first kappa shape index (κ1) is 14.6. The Bertz CT molecular complexity index is 509. The van der Waals surface area contributed by atoms with Gasteiger partial charge in [0, 0.05) is 27.2 Å². The highest BCUT2D eigenvalue weighted by molar-refractivity contribution is 6.02. The second kappa shape index (κ2) is 5.70. The fraction of sp³-hybridized carbons (Fsp3) is 0.692. The van der Waals surface area contributed by atoms with Crippen LogP contribution in [0.2, 0.25) is 0 Å². The van der Waals surface area contributed by atoms with Crippen molar-refractivity contribution < 1.29 is 5.21 Å². The van der Waals surface area contributed by atoms with Gasteiger partial charge in [-0.3, -0.25) is 4.68 Å². The van der Waals surface area contributed by atoms with Crippen LogP contribution in [0.5, 0.6) is 0 Å². The minimum Gasteiger partial charge on any atom is -0.409 e. The Morgan fingerprint density at radius 2 is 2.25 bits per heavy atom. The second-order valence-corrected chi connectivity index (χ2v) is 5.69. The zero-order valence-corrected chi connectivity index (χ0v) is 12.7. The molecule has 7 heteroatoms. The summed E-state index contributed by atoms with van der Waals surface area (Å²) in [4.78, 5) is 4.49. The van der Waals surface area contributed by atoms with Crippen LogP contribution in [-0.2, 0) is 7.05 Å². The fourth-order valence-electron chi connectivity index (χ4n) is 3.08. The SMILES string of the molecule is Cc1nn(C)c(N(C)CC2CCN(C)C2)c1C(N)=NO. The van der Waals surface area contributed by atoms with Crippen LogP contribution in [-0.4, -0.2) is 59.5 Å². The van der Waals surface area contributed by atoms with Gasteiger partial charge in [-0.05, 0) is 32.9 Å². The van der Waals surface area contributed by atoms with Crippen molar-refractivity contribution in [1.29, 1.82) is 0 Å². The topological polar surface area (TPSA) is 82.9 Å². The van der Waals surface area contributed by atoms with Gasteiger partial charge in [-0.1, -0.05) is 5.16 Å². The van der Waals surface area contributed by atoms with E-state index in [1.54, 1.807) is 4.68 Å². The summed E-state index contributed by atoms with van der Waals surface area (Å²) in [5.41, 5.74) is 7.27. The molecule has 3 N–H and O–H groups in total. The molecule has 112 valence electrons. The van der Waals surface area contributed by atoms with Crippen LogP contribution in [0.1, 0.15) is 17.7 Å². The predicted octanol–water partition coefficient (Wildman–Crippen LogP) is 0.211. The molecule has 1 aliphatic rings. The molecule has 0 saturated carbocycles. The lowest BCUT2D eigenvalue weighted by atomic mass is 10.1. The van der Waals surface area contributed by atoms with Crippen molar-refractivity contribution in [3.8, 4) is 0 Å². The molecule has 2 rings (SSSR count). The highest BCUT2D eigenvalue weighted by Crippen LogP contribution is 2.24. The van der Waals surface area contributed by atoms with Crippen molar-refractivity contribution in [1.82, 2.24) is 14.7 Å². The van der Waals surface area contributed by atoms with Crippen molar-refractivity contribution in [3.05, 3.63) is 11.3 Å². The molecule has 1 saturated heterocycles. The fourth-order valence-corrected chi connectivity index (χ4v) is 3.08. The molecule has 0 spiro atoms. The third kappa shape index (κ3) is 2.72. The van der Waals surface area contributed by atoms with Crippen LogP contribution in [0, 0.1) is 12.8 Å². The van der Waals surface area contributed by atoms with E-state index in [-0.39, 0.29) is 5.84 Å². The van der Waals surface area contributed by atoms with Crippen LogP contribution in [0.15, 0.2) is 5.16 Å². The summed E-state index contributed by atoms with van der Waals surface area (Å²) >= 11 is 0. The molecule has 20 heavy (non-hydrogen) atoms. The maximum Gasteiger partial charge on any atom is 0.175 e. The molecule has 0 amide bonds. The van der Waals surface area contributed by atoms with E-state index < -0.39 is 0 Å². The number of aryl methyl sites for hydroxylation is 2. The number of anilines is 1. The number of nitrogens with two attached hydrogens (primary N) is 1. The average molecular weight is 280 g/mol. The van der Waals surface area contributed by atoms with E-state index in [0.29, 0.717) is 11.5 Å². The monoisotopic (exact) mass is 280 g/mol. The van der Waals surface area contributed by atoms with Crippen molar-refractivity contribution in [3.63, 3.8) is 0 Å². The van der Waals surface area contributed by atoms with Gasteiger partial charge in [0.05, 0.1) is 11.3 Å². The highest BCUT2D eigenvalue weighted by atomic mass is 16.4. The van der Waals surface area contributed by atoms with Gasteiger partial charge in [0.15, 0.2) is 5.84 Å². The molecule has 0 bridgehead atoms. The second-order valence-electron chi connectivity index (χ2n) is 5.69. The molecule has 1 atom stereocenters. The Labute approximate surface area is 119 Å². The molecule has 7 nitrogen and oxygen atoms in total. The molecule has 2 heterocycles. The number of likely N-dealkylation sites (tertiary alicyclic amines) is 1. The van der Waals surface area contributed by atoms with Gasteiger partial charge in [-0.25, -0.2) is 0 Å². The number of hydrogen-bond donors (Lipinski definition) is 2. The van der Waals surface area contributed by atoms with Crippen LogP contribution in [0.25, 0.3) is 0 Å². The zero-order valence-electron chi connectivity index (χ0n) is 12.7. The Hall–Kier alpha value is -1.76. The Morgan fingerprint density at radius 3 is 2.80 bits per heavy atom. The summed E-state index contributed by atoms with van der Waals surface area (Å²) < 4.78 is 1.79. The van der Waals surface area contributed by atoms with Crippen LogP contribution in [0.3, 0.4) is 0 Å². The minimum atomic E-state index is 0.112. The lowest BCUT2D eigenvalue weighted by Crippen LogP contribution is -2.30. The van der Waals surface area contributed by atoms with Gasteiger partial charge in [0.1, 0.15) is 5.82 Å². The molecule has 1 fully saturated rings. The summed E-state index contributed by atoms with van der Waals surface area (Å²) in [5, 5.41) is 16.5. The van der Waals surface area contributed by atoms with Crippen LogP contribution in [0.4, 0.5) is 5.82 Å². The van der Waals surface area contributed by atoms with Gasteiger partial charge >= 0.3 is 0 Å². The lowest BCUT2D eigenvalue weighted by Gasteiger charge is -2.24. The number of hydrogen-bond acceptors (Lipinski definition) is 5. The summed E-state index contributed by atoms with van der Waals surface area (Å²) in [6.07, 6.45) is 1.20. The van der Waals surface area contributed by atoms with Crippen molar-refractivity contribution in [2.75, 3.05) is 38.6 Å². The summed E-state index contributed by atoms with van der Waals surface area (Å²) in [6, 6.07) is 0. The molecule has 1 aliphatic heterocycles. The predicted molar refractivity (Wildman–Crippen MR) is 79.3 cm³/mol. The van der Waals surface area contributed by atoms with Gasteiger partial charge < -0.3 is 20.7 Å². The molecule has 0 aliphatic carbocycles. The van der Waals surface area contributed by atoms with Crippen molar-refractivity contribution >= 4 is 11.7 Å². The first-order chi connectivity index (χ1) is 9.43. The van der Waals surface area contributed by atoms with Gasteiger partial charge in [0.25, 0.3) is 0 Å². The third-order valence-electron chi connectivity index (χ3n) is 3.94. The zero-order chi connectivity index (χ0) is 14.9. The molecular weight excluding hydrogens is 256 g/mol. The van der Waals surface area contributed by atoms with Crippen molar-refractivity contribution in [2.24, 2.45) is 23.9 Å². The number of rotatable bonds is 4. The highest BCUT2D eigenvalue weighted by Gasteiger charge is 2.25. The van der Waals surface area contributed by atoms with E-state index in [4.69, 9.17) is 10.9 Å². The Kier molecular flexibility index (Phi) is 4.17. The van der Waals surface area contributed by atoms with E-state index >= 15 is 0 Å². The Morgan fingerprint density at radius 1 is 1.55 bits per heavy atom. The molecule has 1 aromatic rings. The first-order valence-electron chi connectivity index (χ1n) is 6.85. The largest absolute Gasteiger partial charge is 0.409 e. The van der Waals surface area contributed by atoms with E-state index in [1.807, 2.05) is 21.0 Å². The maximum atomic E-state index is 8.95. The smallest absolute Gasteiger partial charge is 0.175 e. The minimum absolute atomic E-state index is 0.112. The maximum absolute atomic E-state index is 8.95. The van der Waals surface area contributed by atoms with Crippen molar-refractivity contribution in [2.45, 2.75) is 13.3 Å². The quantitative estimate of drug-likeness (QED) is 0.356. The van der Waals surface area contributed by atoms with Crippen LogP contribution >= 0.6 is 0 Å². The molecular formula is C13H24N6O. The van der Waals surface area contributed by atoms with E-state index in [1.165, 1.54) is 6.42 Å². The van der Waals surface area contributed by atoms with Gasteiger partial charge in [-0.2, -0.15) is 5.10 Å². The standard InChI is InChI=1S/C13H24N6O/c1-9-11(12(14)16-20)13(19(4)15-9)18(3)8-10-5-6-17(2)7-10/h10,20H,5-8H2,1-4H3,(H2,14,16). The van der Waals surface area contributed by atoms with E-state index in [9.17, 15) is 0 Å². The van der Waals surface area contributed by atoms with E-state index in [2.05, 4.69) is 27.1 Å². The number of nitrogens with zero attached hydrogens (tertiary/aromatic N) is 5. The van der Waals surface area contributed by atoms with Gasteiger partial charge in [0.2, 0.25) is 0 Å². The first-order valence-corrected chi connectivity index (χ1v) is 6.85. The van der Waals surface area contributed by atoms with Gasteiger partial charge in [-0.15, -0.1) is 0 Å². The number of amidine groups is 1. The molecule has 0 radical (unpaired) electrons. The lowest BCUT2D eigenvalue weighted by molar-refractivity contribution is 0.318. The molecule has 0 aromatic carbocycles. The average Bonchev–Trinajstić information content (AvgIpc) is 2.91. The van der Waals surface area contributed by atoms with E-state index in [0.717, 1.165) is 31.1 Å². The number of oxime groups is 1. The molecule has 1 unspecified atom stereocenters. The summed E-state index contributed by atoms with van der Waals surface area (Å²) in [5.74, 6) is 1.65. The summed E-state index contributed by atoms with van der Waals surface area (Å²) in [6.45, 7) is 5.07. The Balaban J connectivity index is 2.23. The third-order valence-corrected chi connectivity index (χ3v) is 3.94. The normalized spacial score (nSPS) is 20.6. The summed E-state index contributed by atoms with van der Waals surface area (Å²) in [7, 11) is 6.06. The molecule has 1 aromatic heterocycles.